The second-order valence-corrected chi connectivity index (χ2v) is 6.12. The van der Waals surface area contributed by atoms with E-state index in [1.54, 1.807) is 12.3 Å². The summed E-state index contributed by atoms with van der Waals surface area (Å²) >= 11 is 5.93. The summed E-state index contributed by atoms with van der Waals surface area (Å²) in [5, 5.41) is 13.4. The van der Waals surface area contributed by atoms with Crippen molar-refractivity contribution >= 4 is 23.1 Å². The van der Waals surface area contributed by atoms with Crippen LogP contribution in [0.4, 0.5) is 15.9 Å². The molecule has 1 fully saturated rings. The number of benzene rings is 1. The summed E-state index contributed by atoms with van der Waals surface area (Å²) in [4.78, 5) is 6.58. The molecule has 23 heavy (non-hydrogen) atoms. The Morgan fingerprint density at radius 1 is 1.30 bits per heavy atom. The first-order chi connectivity index (χ1) is 11.1. The molecule has 0 saturated carbocycles. The van der Waals surface area contributed by atoms with Crippen molar-refractivity contribution in [3.63, 3.8) is 0 Å². The number of pyridine rings is 1. The first-order valence-corrected chi connectivity index (χ1v) is 8.07. The molecule has 2 N–H and O–H groups in total. The van der Waals surface area contributed by atoms with Gasteiger partial charge in [-0.2, -0.15) is 0 Å². The Kier molecular flexibility index (Phi) is 4.98. The van der Waals surface area contributed by atoms with Crippen LogP contribution in [0, 0.1) is 5.82 Å². The predicted octanol–water partition coefficient (Wildman–Crippen LogP) is 3.45. The fourth-order valence-corrected chi connectivity index (χ4v) is 2.93. The predicted molar refractivity (Wildman–Crippen MR) is 90.4 cm³/mol. The number of rotatable bonds is 4. The molecule has 3 rings (SSSR count). The molecule has 0 amide bonds. The molecule has 4 nitrogen and oxygen atoms in total. The van der Waals surface area contributed by atoms with Crippen molar-refractivity contribution in [2.75, 3.05) is 23.3 Å². The minimum atomic E-state index is -0.284. The van der Waals surface area contributed by atoms with E-state index in [-0.39, 0.29) is 11.9 Å². The molecule has 6 heteroatoms. The van der Waals surface area contributed by atoms with Crippen LogP contribution in [0.5, 0.6) is 0 Å². The molecule has 1 saturated heterocycles. The summed E-state index contributed by atoms with van der Waals surface area (Å²) in [5.41, 5.74) is 1.37. The minimum absolute atomic E-state index is 0.230. The molecule has 0 atom stereocenters. The summed E-state index contributed by atoms with van der Waals surface area (Å²) in [6.07, 6.45) is 2.98. The Morgan fingerprint density at radius 3 is 2.87 bits per heavy atom. The van der Waals surface area contributed by atoms with Gasteiger partial charge in [0.2, 0.25) is 0 Å². The Bertz CT molecular complexity index is 675. The molecule has 0 bridgehead atoms. The number of aliphatic hydroxyl groups is 1. The van der Waals surface area contributed by atoms with Crippen molar-refractivity contribution in [2.45, 2.75) is 25.5 Å². The highest BCUT2D eigenvalue weighted by Gasteiger charge is 2.20. The molecule has 2 aromatic rings. The fraction of sp³-hybridized carbons (Fsp3) is 0.353. The Balaban J connectivity index is 1.74. The molecule has 1 aromatic heterocycles. The van der Waals surface area contributed by atoms with Crippen LogP contribution in [0.25, 0.3) is 0 Å². The van der Waals surface area contributed by atoms with E-state index >= 15 is 0 Å². The number of hydrogen-bond donors (Lipinski definition) is 2. The van der Waals surface area contributed by atoms with Gasteiger partial charge in [0.25, 0.3) is 0 Å². The highest BCUT2D eigenvalue weighted by molar-refractivity contribution is 6.30. The van der Waals surface area contributed by atoms with Crippen molar-refractivity contribution < 1.29 is 9.50 Å². The number of piperidine rings is 1. The second kappa shape index (κ2) is 7.15. The molecular weight excluding hydrogens is 317 g/mol. The van der Waals surface area contributed by atoms with Gasteiger partial charge in [-0.25, -0.2) is 9.37 Å². The Hall–Kier alpha value is -1.85. The molecule has 122 valence electrons. The molecule has 2 heterocycles. The Labute approximate surface area is 139 Å². The fourth-order valence-electron chi connectivity index (χ4n) is 2.73. The lowest BCUT2D eigenvalue weighted by molar-refractivity contribution is 0.145. The SMILES string of the molecule is OC1CCN(c2ncccc2NCc2cc(Cl)ccc2F)CC1. The van der Waals surface area contributed by atoms with Crippen LogP contribution in [0.1, 0.15) is 18.4 Å². The van der Waals surface area contributed by atoms with E-state index in [2.05, 4.69) is 15.2 Å². The monoisotopic (exact) mass is 335 g/mol. The molecule has 0 spiro atoms. The number of anilines is 2. The van der Waals surface area contributed by atoms with Gasteiger partial charge >= 0.3 is 0 Å². The summed E-state index contributed by atoms with van der Waals surface area (Å²) in [7, 11) is 0. The van der Waals surface area contributed by atoms with Gasteiger partial charge in [-0.15, -0.1) is 0 Å². The van der Waals surface area contributed by atoms with E-state index in [1.165, 1.54) is 12.1 Å². The smallest absolute Gasteiger partial charge is 0.151 e. The summed E-state index contributed by atoms with van der Waals surface area (Å²) in [6.45, 7) is 1.86. The lowest BCUT2D eigenvalue weighted by Gasteiger charge is -2.31. The highest BCUT2D eigenvalue weighted by Crippen LogP contribution is 2.26. The van der Waals surface area contributed by atoms with E-state index in [1.807, 2.05) is 12.1 Å². The molecule has 1 aliphatic heterocycles. The van der Waals surface area contributed by atoms with Crippen molar-refractivity contribution in [3.05, 3.63) is 52.9 Å². The molecular formula is C17H19ClFN3O. The number of aliphatic hydroxyl groups excluding tert-OH is 1. The van der Waals surface area contributed by atoms with Gasteiger partial charge < -0.3 is 15.3 Å². The average molecular weight is 336 g/mol. The third-order valence-electron chi connectivity index (χ3n) is 4.03. The maximum atomic E-state index is 13.8. The largest absolute Gasteiger partial charge is 0.393 e. The highest BCUT2D eigenvalue weighted by atomic mass is 35.5. The lowest BCUT2D eigenvalue weighted by Crippen LogP contribution is -2.36. The first-order valence-electron chi connectivity index (χ1n) is 7.69. The molecule has 0 aliphatic carbocycles. The maximum absolute atomic E-state index is 13.8. The number of nitrogens with zero attached hydrogens (tertiary/aromatic N) is 2. The van der Waals surface area contributed by atoms with Gasteiger partial charge in [-0.05, 0) is 43.2 Å². The average Bonchev–Trinajstić information content (AvgIpc) is 2.57. The van der Waals surface area contributed by atoms with Gasteiger partial charge in [0, 0.05) is 36.4 Å². The van der Waals surface area contributed by atoms with Crippen LogP contribution in [0.3, 0.4) is 0 Å². The molecule has 0 unspecified atom stereocenters. The minimum Gasteiger partial charge on any atom is -0.393 e. The van der Waals surface area contributed by atoms with E-state index in [0.29, 0.717) is 17.1 Å². The van der Waals surface area contributed by atoms with Gasteiger partial charge in [0.15, 0.2) is 5.82 Å². The zero-order valence-corrected chi connectivity index (χ0v) is 13.4. The van der Waals surface area contributed by atoms with Crippen molar-refractivity contribution in [1.29, 1.82) is 0 Å². The van der Waals surface area contributed by atoms with Crippen molar-refractivity contribution in [1.82, 2.24) is 4.98 Å². The van der Waals surface area contributed by atoms with E-state index in [9.17, 15) is 9.50 Å². The topological polar surface area (TPSA) is 48.4 Å². The van der Waals surface area contributed by atoms with Gasteiger partial charge in [0.1, 0.15) is 5.82 Å². The van der Waals surface area contributed by atoms with Crippen LogP contribution < -0.4 is 10.2 Å². The van der Waals surface area contributed by atoms with Gasteiger partial charge in [-0.1, -0.05) is 11.6 Å². The van der Waals surface area contributed by atoms with Crippen LogP contribution >= 0.6 is 11.6 Å². The van der Waals surface area contributed by atoms with Crippen molar-refractivity contribution in [2.24, 2.45) is 0 Å². The summed E-state index contributed by atoms with van der Waals surface area (Å²) < 4.78 is 13.8. The third-order valence-corrected chi connectivity index (χ3v) is 4.26. The van der Waals surface area contributed by atoms with Gasteiger partial charge in [-0.3, -0.25) is 0 Å². The van der Waals surface area contributed by atoms with E-state index in [0.717, 1.165) is 37.4 Å². The molecule has 1 aliphatic rings. The number of hydrogen-bond acceptors (Lipinski definition) is 4. The number of nitrogens with one attached hydrogen (secondary N) is 1. The maximum Gasteiger partial charge on any atom is 0.151 e. The van der Waals surface area contributed by atoms with Gasteiger partial charge in [0.05, 0.1) is 11.8 Å². The first kappa shape index (κ1) is 16.0. The zero-order chi connectivity index (χ0) is 16.2. The summed E-state index contributed by atoms with van der Waals surface area (Å²) in [6, 6.07) is 8.30. The number of halogens is 2. The normalized spacial score (nSPS) is 15.7. The van der Waals surface area contributed by atoms with Crippen LogP contribution in [-0.2, 0) is 6.54 Å². The zero-order valence-electron chi connectivity index (χ0n) is 12.7. The third kappa shape index (κ3) is 3.92. The Morgan fingerprint density at radius 2 is 2.09 bits per heavy atom. The van der Waals surface area contributed by atoms with Crippen LogP contribution in [-0.4, -0.2) is 29.3 Å². The molecule has 0 radical (unpaired) electrons. The molecule has 1 aromatic carbocycles. The van der Waals surface area contributed by atoms with Crippen LogP contribution in [0.2, 0.25) is 5.02 Å². The second-order valence-electron chi connectivity index (χ2n) is 5.68. The lowest BCUT2D eigenvalue weighted by atomic mass is 10.1. The quantitative estimate of drug-likeness (QED) is 0.898. The van der Waals surface area contributed by atoms with Crippen LogP contribution in [0.15, 0.2) is 36.5 Å². The summed E-state index contributed by atoms with van der Waals surface area (Å²) in [5.74, 6) is 0.551. The van der Waals surface area contributed by atoms with Crippen molar-refractivity contribution in [3.8, 4) is 0 Å². The number of aromatic nitrogens is 1. The van der Waals surface area contributed by atoms with E-state index < -0.39 is 0 Å². The van der Waals surface area contributed by atoms with E-state index in [4.69, 9.17) is 11.6 Å². The standard InChI is InChI=1S/C17H19ClFN3O/c18-13-3-4-15(19)12(10-13)11-21-16-2-1-7-20-17(16)22-8-5-14(23)6-9-22/h1-4,7,10,14,21,23H,5-6,8-9,11H2.